The summed E-state index contributed by atoms with van der Waals surface area (Å²) in [6.45, 7) is 8.12. The highest BCUT2D eigenvalue weighted by atomic mass is 32.1. The van der Waals surface area contributed by atoms with Crippen LogP contribution >= 0.6 is 11.5 Å². The monoisotopic (exact) mass is 302 g/mol. The Bertz CT molecular complexity index is 672. The van der Waals surface area contributed by atoms with E-state index in [-0.39, 0.29) is 0 Å². The van der Waals surface area contributed by atoms with E-state index in [0.29, 0.717) is 12.1 Å². The van der Waals surface area contributed by atoms with E-state index in [4.69, 9.17) is 0 Å². The molecule has 7 heteroatoms. The van der Waals surface area contributed by atoms with Crippen LogP contribution < -0.4 is 9.80 Å². The van der Waals surface area contributed by atoms with Crippen LogP contribution in [0.25, 0.3) is 0 Å². The molecule has 5 rings (SSSR count). The van der Waals surface area contributed by atoms with E-state index >= 15 is 0 Å². The third-order valence-electron chi connectivity index (χ3n) is 4.54. The van der Waals surface area contributed by atoms with Gasteiger partial charge in [-0.3, -0.25) is 0 Å². The lowest BCUT2D eigenvalue weighted by atomic mass is 9.88. The number of aryl methyl sites for hydroxylation is 2. The van der Waals surface area contributed by atoms with Crippen LogP contribution in [0.5, 0.6) is 0 Å². The van der Waals surface area contributed by atoms with Gasteiger partial charge in [0.1, 0.15) is 18.0 Å². The van der Waals surface area contributed by atoms with Crippen molar-refractivity contribution in [3.05, 3.63) is 23.4 Å². The normalized spacial score (nSPS) is 24.1. The first-order valence-corrected chi connectivity index (χ1v) is 8.02. The van der Waals surface area contributed by atoms with E-state index in [1.807, 2.05) is 13.8 Å². The number of piperazine rings is 1. The molecule has 0 amide bonds. The third kappa shape index (κ3) is 1.98. The van der Waals surface area contributed by atoms with Crippen LogP contribution in [-0.2, 0) is 0 Å². The lowest BCUT2D eigenvalue weighted by molar-refractivity contribution is 0.290. The lowest BCUT2D eigenvalue weighted by Gasteiger charge is -2.56. The molecule has 5 heterocycles. The molecule has 2 bridgehead atoms. The number of nitrogens with zero attached hydrogens (tertiary/aromatic N) is 6. The van der Waals surface area contributed by atoms with Gasteiger partial charge in [-0.1, -0.05) is 0 Å². The van der Waals surface area contributed by atoms with Gasteiger partial charge in [-0.25, -0.2) is 15.0 Å². The zero-order valence-electron chi connectivity index (χ0n) is 12.4. The van der Waals surface area contributed by atoms with Gasteiger partial charge in [0.15, 0.2) is 0 Å². The molecule has 0 aromatic carbocycles. The van der Waals surface area contributed by atoms with Gasteiger partial charge in [0.05, 0.1) is 12.1 Å². The summed E-state index contributed by atoms with van der Waals surface area (Å²) < 4.78 is 4.30. The first-order chi connectivity index (χ1) is 10.1. The molecule has 0 spiro atoms. The maximum atomic E-state index is 4.53. The fourth-order valence-electron chi connectivity index (χ4n) is 3.33. The first-order valence-electron chi connectivity index (χ1n) is 7.25. The molecule has 3 aliphatic heterocycles. The highest BCUT2D eigenvalue weighted by molar-refractivity contribution is 7.09. The van der Waals surface area contributed by atoms with E-state index in [2.05, 4.69) is 36.0 Å². The fraction of sp³-hybridized carbons (Fsp3) is 0.571. The molecule has 0 saturated carbocycles. The molecule has 3 fully saturated rings. The maximum Gasteiger partial charge on any atom is 0.205 e. The second-order valence-electron chi connectivity index (χ2n) is 5.89. The van der Waals surface area contributed by atoms with Crippen molar-refractivity contribution in [3.8, 4) is 0 Å². The summed E-state index contributed by atoms with van der Waals surface area (Å²) in [5.74, 6) is 1.96. The zero-order chi connectivity index (χ0) is 14.6. The largest absolute Gasteiger partial charge is 0.352 e. The van der Waals surface area contributed by atoms with Crippen molar-refractivity contribution in [1.29, 1.82) is 0 Å². The van der Waals surface area contributed by atoms with Gasteiger partial charge < -0.3 is 9.80 Å². The summed E-state index contributed by atoms with van der Waals surface area (Å²) in [5, 5.41) is 1.07. The molecule has 2 atom stereocenters. The van der Waals surface area contributed by atoms with Crippen LogP contribution in [-0.4, -0.2) is 44.5 Å². The second-order valence-corrected chi connectivity index (χ2v) is 6.62. The Morgan fingerprint density at radius 2 is 1.90 bits per heavy atom. The average Bonchev–Trinajstić information content (AvgIpc) is 2.87. The number of anilines is 2. The molecule has 21 heavy (non-hydrogen) atoms. The number of hydrogen-bond donors (Lipinski definition) is 0. The van der Waals surface area contributed by atoms with Gasteiger partial charge in [0.2, 0.25) is 5.13 Å². The summed E-state index contributed by atoms with van der Waals surface area (Å²) in [5.41, 5.74) is 2.26. The topological polar surface area (TPSA) is 58.0 Å². The Hall–Kier alpha value is -1.76. The van der Waals surface area contributed by atoms with Gasteiger partial charge in [0, 0.05) is 35.9 Å². The number of piperidine rings is 1. The molecule has 6 nitrogen and oxygen atoms in total. The summed E-state index contributed by atoms with van der Waals surface area (Å²) in [6.07, 6.45) is 2.92. The summed E-state index contributed by atoms with van der Waals surface area (Å²) in [4.78, 5) is 18.1. The van der Waals surface area contributed by atoms with Gasteiger partial charge in [0.25, 0.3) is 0 Å². The highest BCUT2D eigenvalue weighted by Crippen LogP contribution is 2.39. The van der Waals surface area contributed by atoms with Gasteiger partial charge >= 0.3 is 0 Å². The minimum Gasteiger partial charge on any atom is -0.352 e. The molecule has 110 valence electrons. The summed E-state index contributed by atoms with van der Waals surface area (Å²) in [7, 11) is 0. The Labute approximate surface area is 128 Å². The lowest BCUT2D eigenvalue weighted by Crippen LogP contribution is -2.69. The molecule has 2 aromatic rings. The molecule has 0 radical (unpaired) electrons. The zero-order valence-corrected chi connectivity index (χ0v) is 13.3. The van der Waals surface area contributed by atoms with Crippen molar-refractivity contribution in [2.24, 2.45) is 0 Å². The summed E-state index contributed by atoms with van der Waals surface area (Å²) >= 11 is 1.51. The Kier molecular flexibility index (Phi) is 2.85. The average molecular weight is 302 g/mol. The Balaban J connectivity index is 1.56. The number of fused-ring (bicyclic) bond motifs is 2. The maximum absolute atomic E-state index is 4.53. The Morgan fingerprint density at radius 1 is 1.14 bits per heavy atom. The number of aromatic nitrogens is 4. The minimum absolute atomic E-state index is 0.533. The predicted octanol–water partition coefficient (Wildman–Crippen LogP) is 1.72. The van der Waals surface area contributed by atoms with Crippen LogP contribution in [0.1, 0.15) is 23.5 Å². The number of rotatable bonds is 2. The van der Waals surface area contributed by atoms with Crippen molar-refractivity contribution < 1.29 is 0 Å². The highest BCUT2D eigenvalue weighted by Gasteiger charge is 2.46. The van der Waals surface area contributed by atoms with E-state index in [9.17, 15) is 0 Å². The van der Waals surface area contributed by atoms with Crippen molar-refractivity contribution in [2.45, 2.75) is 39.3 Å². The number of hydrogen-bond acceptors (Lipinski definition) is 7. The predicted molar refractivity (Wildman–Crippen MR) is 83.0 cm³/mol. The van der Waals surface area contributed by atoms with Gasteiger partial charge in [-0.05, 0) is 27.2 Å². The van der Waals surface area contributed by atoms with Crippen molar-refractivity contribution >= 4 is 22.5 Å². The molecule has 3 aliphatic rings. The molecular formula is C14H18N6S. The van der Waals surface area contributed by atoms with E-state index in [1.165, 1.54) is 23.5 Å². The second kappa shape index (κ2) is 4.62. The SMILES string of the molecule is Cc1nsc(N2C3CC2CN(c2ncnc(C)c2C)C3)n1. The molecule has 2 aromatic heterocycles. The van der Waals surface area contributed by atoms with Gasteiger partial charge in [-0.15, -0.1) is 0 Å². The molecular weight excluding hydrogens is 284 g/mol. The van der Waals surface area contributed by atoms with E-state index in [0.717, 1.165) is 35.6 Å². The van der Waals surface area contributed by atoms with Gasteiger partial charge in [-0.2, -0.15) is 4.37 Å². The Morgan fingerprint density at radius 3 is 2.57 bits per heavy atom. The standard InChI is InChI=1S/C14H18N6S/c1-8-9(2)15-7-16-13(8)19-5-11-4-12(6-19)20(11)14-17-10(3)18-21-14/h7,11-12H,4-6H2,1-3H3. The first kappa shape index (κ1) is 12.9. The smallest absolute Gasteiger partial charge is 0.205 e. The minimum atomic E-state index is 0.533. The van der Waals surface area contributed by atoms with E-state index < -0.39 is 0 Å². The van der Waals surface area contributed by atoms with Crippen LogP contribution in [0.3, 0.4) is 0 Å². The van der Waals surface area contributed by atoms with Crippen molar-refractivity contribution in [3.63, 3.8) is 0 Å². The van der Waals surface area contributed by atoms with Crippen LogP contribution in [0.2, 0.25) is 0 Å². The van der Waals surface area contributed by atoms with E-state index in [1.54, 1.807) is 6.33 Å². The fourth-order valence-corrected chi connectivity index (χ4v) is 4.15. The van der Waals surface area contributed by atoms with Crippen molar-refractivity contribution in [2.75, 3.05) is 22.9 Å². The quantitative estimate of drug-likeness (QED) is 0.842. The van der Waals surface area contributed by atoms with Crippen LogP contribution in [0.4, 0.5) is 10.9 Å². The van der Waals surface area contributed by atoms with Crippen molar-refractivity contribution in [1.82, 2.24) is 19.3 Å². The molecule has 0 aliphatic carbocycles. The van der Waals surface area contributed by atoms with Crippen LogP contribution in [0, 0.1) is 20.8 Å². The third-order valence-corrected chi connectivity index (χ3v) is 5.36. The molecule has 3 saturated heterocycles. The molecule has 2 unspecified atom stereocenters. The van der Waals surface area contributed by atoms with Crippen LogP contribution in [0.15, 0.2) is 6.33 Å². The summed E-state index contributed by atoms with van der Waals surface area (Å²) in [6, 6.07) is 1.07. The molecule has 0 N–H and O–H groups in total.